The maximum atomic E-state index is 5.43. The molecule has 0 aliphatic carbocycles. The van der Waals surface area contributed by atoms with Crippen molar-refractivity contribution in [1.29, 1.82) is 0 Å². The highest BCUT2D eigenvalue weighted by Gasteiger charge is 2.08. The molecule has 0 amide bonds. The average molecular weight is 489 g/mol. The van der Waals surface area contributed by atoms with E-state index in [1.807, 2.05) is 29.5 Å². The van der Waals surface area contributed by atoms with Crippen molar-refractivity contribution in [2.45, 2.75) is 19.9 Å². The van der Waals surface area contributed by atoms with Gasteiger partial charge in [-0.1, -0.05) is 13.0 Å². The Morgan fingerprint density at radius 1 is 1.19 bits per heavy atom. The van der Waals surface area contributed by atoms with Gasteiger partial charge in [0.1, 0.15) is 11.5 Å². The second-order valence-electron chi connectivity index (χ2n) is 5.87. The summed E-state index contributed by atoms with van der Waals surface area (Å²) in [5.74, 6) is 2.91. The van der Waals surface area contributed by atoms with Crippen molar-refractivity contribution in [3.63, 3.8) is 0 Å². The van der Waals surface area contributed by atoms with Gasteiger partial charge in [-0.3, -0.25) is 4.99 Å². The number of rotatable bonds is 8. The Bertz CT molecular complexity index is 677. The van der Waals surface area contributed by atoms with Crippen LogP contribution in [0.1, 0.15) is 17.4 Å². The molecule has 0 aliphatic heterocycles. The van der Waals surface area contributed by atoms with Gasteiger partial charge in [0.2, 0.25) is 0 Å². The SMILES string of the molecule is CN=C(NCc1ccc(OC)cc1OC)NCC(C)Cc1cccs1.I. The lowest BCUT2D eigenvalue weighted by Gasteiger charge is -2.17. The van der Waals surface area contributed by atoms with E-state index in [-0.39, 0.29) is 24.0 Å². The summed E-state index contributed by atoms with van der Waals surface area (Å²) in [7, 11) is 5.10. The van der Waals surface area contributed by atoms with E-state index in [9.17, 15) is 0 Å². The highest BCUT2D eigenvalue weighted by Crippen LogP contribution is 2.24. The summed E-state index contributed by atoms with van der Waals surface area (Å²) >= 11 is 1.81. The molecule has 1 atom stereocenters. The molecule has 0 fully saturated rings. The third kappa shape index (κ3) is 7.03. The van der Waals surface area contributed by atoms with Crippen LogP contribution in [0.2, 0.25) is 0 Å². The highest BCUT2D eigenvalue weighted by molar-refractivity contribution is 14.0. The van der Waals surface area contributed by atoms with Crippen LogP contribution in [0.4, 0.5) is 0 Å². The lowest BCUT2D eigenvalue weighted by Crippen LogP contribution is -2.39. The Balaban J connectivity index is 0.00000338. The quantitative estimate of drug-likeness (QED) is 0.335. The normalized spacial score (nSPS) is 12.1. The number of halogens is 1. The van der Waals surface area contributed by atoms with Crippen LogP contribution in [-0.2, 0) is 13.0 Å². The number of aliphatic imine (C=N–C) groups is 1. The molecule has 0 spiro atoms. The Morgan fingerprint density at radius 2 is 2.00 bits per heavy atom. The number of hydrogen-bond donors (Lipinski definition) is 2. The first-order valence-corrected chi connectivity index (χ1v) is 9.22. The van der Waals surface area contributed by atoms with Crippen LogP contribution in [0.15, 0.2) is 40.7 Å². The fourth-order valence-electron chi connectivity index (χ4n) is 2.51. The molecule has 2 aromatic rings. The number of methoxy groups -OCH3 is 2. The molecule has 1 heterocycles. The lowest BCUT2D eigenvalue weighted by molar-refractivity contribution is 0.390. The molecule has 0 saturated heterocycles. The standard InChI is InChI=1S/C19H27N3O2S.HI/c1-14(10-17-6-5-9-25-17)12-21-19(20-2)22-13-15-7-8-16(23-3)11-18(15)24-4;/h5-9,11,14H,10,12-13H2,1-4H3,(H2,20,21,22);1H. The van der Waals surface area contributed by atoms with Crippen molar-refractivity contribution in [1.82, 2.24) is 10.6 Å². The highest BCUT2D eigenvalue weighted by atomic mass is 127. The van der Waals surface area contributed by atoms with Crippen LogP contribution >= 0.6 is 35.3 Å². The van der Waals surface area contributed by atoms with E-state index in [1.54, 1.807) is 21.3 Å². The number of thiophene rings is 1. The second-order valence-corrected chi connectivity index (χ2v) is 6.91. The number of nitrogens with zero attached hydrogens (tertiary/aromatic N) is 1. The zero-order valence-electron chi connectivity index (χ0n) is 15.7. The first-order valence-electron chi connectivity index (χ1n) is 8.34. The number of nitrogens with one attached hydrogen (secondary N) is 2. The van der Waals surface area contributed by atoms with Crippen LogP contribution in [0.3, 0.4) is 0 Å². The van der Waals surface area contributed by atoms with Crippen molar-refractivity contribution < 1.29 is 9.47 Å². The minimum Gasteiger partial charge on any atom is -0.497 e. The molecule has 26 heavy (non-hydrogen) atoms. The Hall–Kier alpha value is -1.48. The molecule has 144 valence electrons. The summed E-state index contributed by atoms with van der Waals surface area (Å²) in [6.07, 6.45) is 1.08. The molecule has 7 heteroatoms. The van der Waals surface area contributed by atoms with E-state index < -0.39 is 0 Å². The molecule has 1 aromatic carbocycles. The maximum Gasteiger partial charge on any atom is 0.191 e. The van der Waals surface area contributed by atoms with Gasteiger partial charge in [-0.25, -0.2) is 0 Å². The van der Waals surface area contributed by atoms with Crippen molar-refractivity contribution >= 4 is 41.3 Å². The minimum atomic E-state index is 0. The fourth-order valence-corrected chi connectivity index (χ4v) is 3.38. The van der Waals surface area contributed by atoms with E-state index >= 15 is 0 Å². The van der Waals surface area contributed by atoms with Crippen LogP contribution in [-0.4, -0.2) is 33.8 Å². The molecule has 0 bridgehead atoms. The van der Waals surface area contributed by atoms with Gasteiger partial charge in [0, 0.05) is 36.6 Å². The van der Waals surface area contributed by atoms with Gasteiger partial charge in [-0.05, 0) is 35.9 Å². The van der Waals surface area contributed by atoms with Gasteiger partial charge in [0.05, 0.1) is 14.2 Å². The molecule has 0 aliphatic rings. The summed E-state index contributed by atoms with van der Waals surface area (Å²) in [6, 6.07) is 10.1. The van der Waals surface area contributed by atoms with Crippen molar-refractivity contribution in [2.75, 3.05) is 27.8 Å². The average Bonchev–Trinajstić information content (AvgIpc) is 3.14. The number of hydrogen-bond acceptors (Lipinski definition) is 4. The van der Waals surface area contributed by atoms with Gasteiger partial charge in [0.15, 0.2) is 5.96 Å². The molecule has 0 saturated carbocycles. The topological polar surface area (TPSA) is 54.9 Å². The zero-order chi connectivity index (χ0) is 18.1. The van der Waals surface area contributed by atoms with Gasteiger partial charge in [-0.15, -0.1) is 35.3 Å². The van der Waals surface area contributed by atoms with Gasteiger partial charge in [0.25, 0.3) is 0 Å². The second kappa shape index (κ2) is 12.0. The molecule has 2 rings (SSSR count). The van der Waals surface area contributed by atoms with Crippen LogP contribution < -0.4 is 20.1 Å². The summed E-state index contributed by atoms with van der Waals surface area (Å²) in [5.41, 5.74) is 1.05. The molecule has 0 radical (unpaired) electrons. The van der Waals surface area contributed by atoms with E-state index in [4.69, 9.17) is 9.47 Å². The van der Waals surface area contributed by atoms with Gasteiger partial charge in [-0.2, -0.15) is 0 Å². The maximum absolute atomic E-state index is 5.43. The minimum absolute atomic E-state index is 0. The largest absolute Gasteiger partial charge is 0.497 e. The molecule has 2 N–H and O–H groups in total. The summed E-state index contributed by atoms with van der Waals surface area (Å²) in [5, 5.41) is 8.85. The molecule has 1 unspecified atom stereocenters. The third-order valence-corrected chi connectivity index (χ3v) is 4.81. The first-order chi connectivity index (χ1) is 12.2. The summed E-state index contributed by atoms with van der Waals surface area (Å²) in [6.45, 7) is 3.75. The lowest BCUT2D eigenvalue weighted by atomic mass is 10.1. The summed E-state index contributed by atoms with van der Waals surface area (Å²) in [4.78, 5) is 5.71. The monoisotopic (exact) mass is 489 g/mol. The fraction of sp³-hybridized carbons (Fsp3) is 0.421. The van der Waals surface area contributed by atoms with Crippen LogP contribution in [0.25, 0.3) is 0 Å². The Morgan fingerprint density at radius 3 is 2.62 bits per heavy atom. The van der Waals surface area contributed by atoms with E-state index in [0.717, 1.165) is 36.0 Å². The molecule has 1 aromatic heterocycles. The molecular weight excluding hydrogens is 461 g/mol. The summed E-state index contributed by atoms with van der Waals surface area (Å²) < 4.78 is 10.7. The number of guanidine groups is 1. The smallest absolute Gasteiger partial charge is 0.191 e. The van der Waals surface area contributed by atoms with E-state index in [2.05, 4.69) is 40.1 Å². The Labute approximate surface area is 177 Å². The van der Waals surface area contributed by atoms with E-state index in [0.29, 0.717) is 12.5 Å². The van der Waals surface area contributed by atoms with Gasteiger partial charge < -0.3 is 20.1 Å². The molecular formula is C19H28IN3O2S. The third-order valence-electron chi connectivity index (χ3n) is 3.91. The number of ether oxygens (including phenoxy) is 2. The van der Waals surface area contributed by atoms with Gasteiger partial charge >= 0.3 is 0 Å². The Kier molecular flexibility index (Phi) is 10.4. The van der Waals surface area contributed by atoms with E-state index in [1.165, 1.54) is 4.88 Å². The van der Waals surface area contributed by atoms with Crippen LogP contribution in [0, 0.1) is 5.92 Å². The van der Waals surface area contributed by atoms with Crippen molar-refractivity contribution in [2.24, 2.45) is 10.9 Å². The number of benzene rings is 1. The predicted octanol–water partition coefficient (Wildman–Crippen LogP) is 3.93. The molecule has 5 nitrogen and oxygen atoms in total. The van der Waals surface area contributed by atoms with Crippen molar-refractivity contribution in [3.05, 3.63) is 46.2 Å². The van der Waals surface area contributed by atoms with Crippen molar-refractivity contribution in [3.8, 4) is 11.5 Å². The van der Waals surface area contributed by atoms with Crippen LogP contribution in [0.5, 0.6) is 11.5 Å². The zero-order valence-corrected chi connectivity index (χ0v) is 18.9. The predicted molar refractivity (Wildman–Crippen MR) is 120 cm³/mol. The first kappa shape index (κ1) is 22.6.